The zero-order chi connectivity index (χ0) is 17.5. The van der Waals surface area contributed by atoms with Crippen LogP contribution in [0, 0.1) is 0 Å². The molecule has 1 aromatic heterocycles. The van der Waals surface area contributed by atoms with Crippen LogP contribution in [0.15, 0.2) is 51.7 Å². The Balaban J connectivity index is 1.60. The molecule has 0 aliphatic heterocycles. The fourth-order valence-electron chi connectivity index (χ4n) is 2.89. The number of hydrogen-bond donors (Lipinski definition) is 1. The van der Waals surface area contributed by atoms with Gasteiger partial charge in [-0.15, -0.1) is 0 Å². The van der Waals surface area contributed by atoms with Crippen molar-refractivity contribution in [3.63, 3.8) is 0 Å². The van der Waals surface area contributed by atoms with Crippen LogP contribution in [0.3, 0.4) is 0 Å². The number of para-hydroxylation sites is 1. The molecule has 0 amide bonds. The second-order valence-electron chi connectivity index (χ2n) is 6.24. The van der Waals surface area contributed by atoms with Gasteiger partial charge in [0.15, 0.2) is 0 Å². The Labute approximate surface area is 147 Å². The van der Waals surface area contributed by atoms with Crippen molar-refractivity contribution in [1.82, 2.24) is 5.32 Å². The van der Waals surface area contributed by atoms with Crippen molar-refractivity contribution in [3.8, 4) is 5.75 Å². The zero-order valence-electron chi connectivity index (χ0n) is 14.7. The predicted molar refractivity (Wildman–Crippen MR) is 102 cm³/mol. The molecular formula is C21H25NO3. The molecule has 0 bridgehead atoms. The second kappa shape index (κ2) is 8.67. The van der Waals surface area contributed by atoms with E-state index in [1.165, 1.54) is 12.8 Å². The molecule has 4 heteroatoms. The molecule has 25 heavy (non-hydrogen) atoms. The fourth-order valence-corrected chi connectivity index (χ4v) is 2.89. The average molecular weight is 339 g/mol. The van der Waals surface area contributed by atoms with Crippen molar-refractivity contribution in [1.29, 1.82) is 0 Å². The Hall–Kier alpha value is -2.33. The van der Waals surface area contributed by atoms with Crippen LogP contribution in [-0.4, -0.2) is 19.7 Å². The van der Waals surface area contributed by atoms with Crippen LogP contribution in [-0.2, 0) is 0 Å². The molecule has 0 fully saturated rings. The Morgan fingerprint density at radius 3 is 2.68 bits per heavy atom. The maximum atomic E-state index is 12.5. The summed E-state index contributed by atoms with van der Waals surface area (Å²) < 4.78 is 11.7. The monoisotopic (exact) mass is 339 g/mol. The molecule has 0 unspecified atom stereocenters. The SMILES string of the molecule is CCCNCCCCCOc1ccc2c(=O)c3ccccc3oc2c1. The van der Waals surface area contributed by atoms with Crippen LogP contribution in [0.25, 0.3) is 21.9 Å². The highest BCUT2D eigenvalue weighted by Crippen LogP contribution is 2.23. The third-order valence-electron chi connectivity index (χ3n) is 4.24. The molecule has 0 radical (unpaired) electrons. The summed E-state index contributed by atoms with van der Waals surface area (Å²) in [6.07, 6.45) is 4.51. The molecular weight excluding hydrogens is 314 g/mol. The van der Waals surface area contributed by atoms with Crippen molar-refractivity contribution in [2.45, 2.75) is 32.6 Å². The van der Waals surface area contributed by atoms with Crippen LogP contribution >= 0.6 is 0 Å². The van der Waals surface area contributed by atoms with E-state index in [1.807, 2.05) is 30.3 Å². The highest BCUT2D eigenvalue weighted by atomic mass is 16.5. The van der Waals surface area contributed by atoms with E-state index in [0.29, 0.717) is 28.5 Å². The van der Waals surface area contributed by atoms with Crippen LogP contribution < -0.4 is 15.5 Å². The lowest BCUT2D eigenvalue weighted by atomic mass is 10.1. The molecule has 1 N–H and O–H groups in total. The number of hydrogen-bond acceptors (Lipinski definition) is 4. The van der Waals surface area contributed by atoms with Gasteiger partial charge in [0.25, 0.3) is 0 Å². The number of benzene rings is 2. The lowest BCUT2D eigenvalue weighted by molar-refractivity contribution is 0.305. The number of unbranched alkanes of at least 4 members (excludes halogenated alkanes) is 2. The van der Waals surface area contributed by atoms with Gasteiger partial charge in [-0.3, -0.25) is 4.79 Å². The molecule has 3 rings (SSSR count). The van der Waals surface area contributed by atoms with E-state index < -0.39 is 0 Å². The summed E-state index contributed by atoms with van der Waals surface area (Å²) >= 11 is 0. The standard InChI is InChI=1S/C21H25NO3/c1-2-12-22-13-6-3-7-14-24-16-10-11-18-20(15-16)25-19-9-5-4-8-17(19)21(18)23/h4-5,8-11,15,22H,2-3,6-7,12-14H2,1H3. The van der Waals surface area contributed by atoms with Crippen LogP contribution in [0.4, 0.5) is 0 Å². The van der Waals surface area contributed by atoms with E-state index in [0.717, 1.165) is 31.7 Å². The summed E-state index contributed by atoms with van der Waals surface area (Å²) in [6.45, 7) is 5.02. The molecule has 2 aromatic carbocycles. The summed E-state index contributed by atoms with van der Waals surface area (Å²) in [6, 6.07) is 12.8. The first kappa shape index (κ1) is 17.5. The molecule has 3 aromatic rings. The Bertz CT molecular complexity index is 885. The van der Waals surface area contributed by atoms with Crippen molar-refractivity contribution < 1.29 is 9.15 Å². The second-order valence-corrected chi connectivity index (χ2v) is 6.24. The highest BCUT2D eigenvalue weighted by molar-refractivity contribution is 5.90. The smallest absolute Gasteiger partial charge is 0.200 e. The third kappa shape index (κ3) is 4.40. The van der Waals surface area contributed by atoms with Crippen molar-refractivity contribution in [2.24, 2.45) is 0 Å². The summed E-state index contributed by atoms with van der Waals surface area (Å²) in [5.41, 5.74) is 1.18. The quantitative estimate of drug-likeness (QED) is 0.461. The molecule has 1 heterocycles. The van der Waals surface area contributed by atoms with Crippen LogP contribution in [0.1, 0.15) is 32.6 Å². The molecule has 132 valence electrons. The van der Waals surface area contributed by atoms with Gasteiger partial charge in [0.05, 0.1) is 17.4 Å². The van der Waals surface area contributed by atoms with Crippen LogP contribution in [0.5, 0.6) is 5.75 Å². The maximum Gasteiger partial charge on any atom is 0.200 e. The first-order valence-corrected chi connectivity index (χ1v) is 9.08. The Kier molecular flexibility index (Phi) is 6.07. The lowest BCUT2D eigenvalue weighted by Gasteiger charge is -2.08. The maximum absolute atomic E-state index is 12.5. The van der Waals surface area contributed by atoms with Gasteiger partial charge in [0.1, 0.15) is 16.9 Å². The lowest BCUT2D eigenvalue weighted by Crippen LogP contribution is -2.15. The third-order valence-corrected chi connectivity index (χ3v) is 4.24. The summed E-state index contributed by atoms with van der Waals surface area (Å²) in [5.74, 6) is 0.745. The topological polar surface area (TPSA) is 51.5 Å². The molecule has 0 saturated heterocycles. The van der Waals surface area contributed by atoms with E-state index in [1.54, 1.807) is 12.1 Å². The predicted octanol–water partition coefficient (Wildman–Crippen LogP) is 4.49. The molecule has 0 spiro atoms. The minimum atomic E-state index is 0.00276. The van der Waals surface area contributed by atoms with Crippen molar-refractivity contribution in [3.05, 3.63) is 52.7 Å². The van der Waals surface area contributed by atoms with E-state index in [4.69, 9.17) is 9.15 Å². The van der Waals surface area contributed by atoms with Gasteiger partial charge in [-0.25, -0.2) is 0 Å². The molecule has 0 saturated carbocycles. The first-order valence-electron chi connectivity index (χ1n) is 9.08. The van der Waals surface area contributed by atoms with Crippen molar-refractivity contribution >= 4 is 21.9 Å². The minimum Gasteiger partial charge on any atom is -0.493 e. The Morgan fingerprint density at radius 1 is 0.960 bits per heavy atom. The highest BCUT2D eigenvalue weighted by Gasteiger charge is 2.08. The van der Waals surface area contributed by atoms with E-state index in [9.17, 15) is 4.79 Å². The minimum absolute atomic E-state index is 0.00276. The average Bonchev–Trinajstić information content (AvgIpc) is 2.64. The zero-order valence-corrected chi connectivity index (χ0v) is 14.7. The van der Waals surface area contributed by atoms with Gasteiger partial charge in [-0.1, -0.05) is 19.1 Å². The van der Waals surface area contributed by atoms with E-state index in [2.05, 4.69) is 12.2 Å². The van der Waals surface area contributed by atoms with Gasteiger partial charge < -0.3 is 14.5 Å². The van der Waals surface area contributed by atoms with Gasteiger partial charge in [-0.05, 0) is 63.0 Å². The molecule has 0 aliphatic carbocycles. The van der Waals surface area contributed by atoms with Gasteiger partial charge in [-0.2, -0.15) is 0 Å². The first-order chi connectivity index (χ1) is 12.3. The van der Waals surface area contributed by atoms with E-state index in [-0.39, 0.29) is 5.43 Å². The summed E-state index contributed by atoms with van der Waals surface area (Å²) in [4.78, 5) is 12.5. The molecule has 0 atom stereocenters. The van der Waals surface area contributed by atoms with Crippen LogP contribution in [0.2, 0.25) is 0 Å². The summed E-state index contributed by atoms with van der Waals surface area (Å²) in [7, 11) is 0. The van der Waals surface area contributed by atoms with E-state index >= 15 is 0 Å². The summed E-state index contributed by atoms with van der Waals surface area (Å²) in [5, 5.41) is 4.60. The normalized spacial score (nSPS) is 11.2. The largest absolute Gasteiger partial charge is 0.493 e. The molecule has 4 nitrogen and oxygen atoms in total. The Morgan fingerprint density at radius 2 is 1.80 bits per heavy atom. The number of fused-ring (bicyclic) bond motifs is 2. The van der Waals surface area contributed by atoms with Gasteiger partial charge in [0.2, 0.25) is 5.43 Å². The fraction of sp³-hybridized carbons (Fsp3) is 0.381. The number of ether oxygens (including phenoxy) is 1. The van der Waals surface area contributed by atoms with Gasteiger partial charge in [0, 0.05) is 6.07 Å². The number of nitrogens with one attached hydrogen (secondary N) is 1. The van der Waals surface area contributed by atoms with Crippen molar-refractivity contribution in [2.75, 3.05) is 19.7 Å². The molecule has 0 aliphatic rings. The number of rotatable bonds is 9. The van der Waals surface area contributed by atoms with Gasteiger partial charge >= 0.3 is 0 Å².